The van der Waals surface area contributed by atoms with E-state index in [1.54, 1.807) is 43.7 Å². The van der Waals surface area contributed by atoms with Crippen LogP contribution in [0.1, 0.15) is 23.6 Å². The highest BCUT2D eigenvalue weighted by Crippen LogP contribution is 2.35. The Bertz CT molecular complexity index is 2100. The van der Waals surface area contributed by atoms with E-state index in [0.717, 1.165) is 16.5 Å². The van der Waals surface area contributed by atoms with Crippen LogP contribution in [0.5, 0.6) is 17.2 Å². The molecule has 0 amide bonds. The Balaban J connectivity index is 1.44. The van der Waals surface area contributed by atoms with Gasteiger partial charge in [-0.15, -0.1) is 6.58 Å². The van der Waals surface area contributed by atoms with Crippen molar-refractivity contribution in [2.24, 2.45) is 5.10 Å². The number of hydrogen-bond acceptors (Lipinski definition) is 7. The van der Waals surface area contributed by atoms with Crippen LogP contribution in [0, 0.1) is 0 Å². The standard InChI is InChI=1S/C36H30ClN3O5/c1-4-9-25-18-24(19-32(43-5-2)34(25)44-22-23-14-16-26(37)17-15-23)21-38-40-35(39-29-11-7-6-10-27(29)36(40)41)33-20-28-30(42-3)12-8-13-31(28)45-33/h4,6-8,10-21H,1,5,9,22H2,2-3H3. The first-order valence-electron chi connectivity index (χ1n) is 14.4. The molecule has 0 fully saturated rings. The van der Waals surface area contributed by atoms with Gasteiger partial charge in [0, 0.05) is 10.6 Å². The molecule has 2 aromatic heterocycles. The largest absolute Gasteiger partial charge is 0.496 e. The van der Waals surface area contributed by atoms with E-state index in [1.807, 2.05) is 67.6 Å². The predicted molar refractivity (Wildman–Crippen MR) is 178 cm³/mol. The zero-order chi connectivity index (χ0) is 31.3. The lowest BCUT2D eigenvalue weighted by Crippen LogP contribution is -2.20. The SMILES string of the molecule is C=CCc1cc(C=Nn2c(-c3cc4c(OC)cccc4o3)nc3ccccc3c2=O)cc(OCC)c1OCc1ccc(Cl)cc1. The lowest BCUT2D eigenvalue weighted by molar-refractivity contribution is 0.267. The zero-order valence-electron chi connectivity index (χ0n) is 24.8. The molecule has 9 heteroatoms. The maximum atomic E-state index is 13.8. The molecule has 8 nitrogen and oxygen atoms in total. The monoisotopic (exact) mass is 619 g/mol. The smallest absolute Gasteiger partial charge is 0.282 e. The fourth-order valence-electron chi connectivity index (χ4n) is 5.06. The summed E-state index contributed by atoms with van der Waals surface area (Å²) in [5.41, 5.74) is 3.33. The Labute approximate surface area is 264 Å². The maximum absolute atomic E-state index is 13.8. The van der Waals surface area contributed by atoms with Crippen LogP contribution in [0.15, 0.2) is 112 Å². The molecule has 0 N–H and O–H groups in total. The van der Waals surface area contributed by atoms with Crippen molar-refractivity contribution < 1.29 is 18.6 Å². The number of halogens is 1. The number of allylic oxidation sites excluding steroid dienone is 1. The summed E-state index contributed by atoms with van der Waals surface area (Å²) >= 11 is 6.05. The fraction of sp³-hybridized carbons (Fsp3) is 0.139. The lowest BCUT2D eigenvalue weighted by atomic mass is 10.1. The summed E-state index contributed by atoms with van der Waals surface area (Å²) in [6, 6.07) is 25.7. The number of benzene rings is 4. The van der Waals surface area contributed by atoms with E-state index in [1.165, 1.54) is 4.68 Å². The van der Waals surface area contributed by atoms with Crippen LogP contribution < -0.4 is 19.8 Å². The number of aromatic nitrogens is 2. The van der Waals surface area contributed by atoms with Crippen LogP contribution in [0.25, 0.3) is 33.5 Å². The molecule has 0 unspecified atom stereocenters. The number of ether oxygens (including phenoxy) is 3. The van der Waals surface area contributed by atoms with Gasteiger partial charge in [-0.3, -0.25) is 4.79 Å². The summed E-state index contributed by atoms with van der Waals surface area (Å²) in [5, 5.41) is 6.49. The highest BCUT2D eigenvalue weighted by Gasteiger charge is 2.18. The van der Waals surface area contributed by atoms with Crippen molar-refractivity contribution in [3.8, 4) is 28.8 Å². The molecule has 0 aliphatic rings. The number of furan rings is 1. The highest BCUT2D eigenvalue weighted by atomic mass is 35.5. The van der Waals surface area contributed by atoms with E-state index in [0.29, 0.717) is 69.7 Å². The quantitative estimate of drug-likeness (QED) is 0.108. The van der Waals surface area contributed by atoms with Gasteiger partial charge in [0.1, 0.15) is 17.9 Å². The van der Waals surface area contributed by atoms with Gasteiger partial charge < -0.3 is 18.6 Å². The van der Waals surface area contributed by atoms with E-state index >= 15 is 0 Å². The minimum Gasteiger partial charge on any atom is -0.496 e. The molecule has 0 bridgehead atoms. The molecule has 0 radical (unpaired) electrons. The molecule has 0 spiro atoms. The molecule has 2 heterocycles. The first-order valence-corrected chi connectivity index (χ1v) is 14.8. The van der Waals surface area contributed by atoms with E-state index in [9.17, 15) is 4.79 Å². The molecule has 6 rings (SSSR count). The maximum Gasteiger partial charge on any atom is 0.282 e. The van der Waals surface area contributed by atoms with E-state index in [4.69, 9.17) is 35.2 Å². The molecule has 0 saturated carbocycles. The van der Waals surface area contributed by atoms with Crippen molar-refractivity contribution >= 4 is 39.7 Å². The van der Waals surface area contributed by atoms with Crippen molar-refractivity contribution in [2.75, 3.05) is 13.7 Å². The average molecular weight is 620 g/mol. The summed E-state index contributed by atoms with van der Waals surface area (Å²) in [4.78, 5) is 18.6. The number of fused-ring (bicyclic) bond motifs is 2. The van der Waals surface area contributed by atoms with Gasteiger partial charge in [-0.05, 0) is 79.1 Å². The summed E-state index contributed by atoms with van der Waals surface area (Å²) in [7, 11) is 1.60. The Kier molecular flexibility index (Phi) is 8.66. The van der Waals surface area contributed by atoms with Crippen molar-refractivity contribution in [1.82, 2.24) is 9.66 Å². The van der Waals surface area contributed by atoms with E-state index in [-0.39, 0.29) is 11.4 Å². The van der Waals surface area contributed by atoms with Gasteiger partial charge in [-0.25, -0.2) is 4.98 Å². The summed E-state index contributed by atoms with van der Waals surface area (Å²) in [6.07, 6.45) is 3.93. The lowest BCUT2D eigenvalue weighted by Gasteiger charge is -2.17. The molecule has 226 valence electrons. The summed E-state index contributed by atoms with van der Waals surface area (Å²) < 4.78 is 25.2. The molecule has 4 aromatic carbocycles. The Morgan fingerprint density at radius 3 is 2.58 bits per heavy atom. The first kappa shape index (κ1) is 29.7. The van der Waals surface area contributed by atoms with Gasteiger partial charge in [0.25, 0.3) is 5.56 Å². The van der Waals surface area contributed by atoms with Crippen LogP contribution in [0.2, 0.25) is 5.02 Å². The normalized spacial score (nSPS) is 11.4. The van der Waals surface area contributed by atoms with Crippen LogP contribution >= 0.6 is 11.6 Å². The van der Waals surface area contributed by atoms with Crippen LogP contribution in [-0.2, 0) is 13.0 Å². The second-order valence-electron chi connectivity index (χ2n) is 10.1. The van der Waals surface area contributed by atoms with Gasteiger partial charge in [0.2, 0.25) is 5.82 Å². The molecule has 0 saturated heterocycles. The highest BCUT2D eigenvalue weighted by molar-refractivity contribution is 6.30. The molecular formula is C36H30ClN3O5. The topological polar surface area (TPSA) is 88.1 Å². The van der Waals surface area contributed by atoms with Crippen LogP contribution in [0.3, 0.4) is 0 Å². The molecule has 6 aromatic rings. The van der Waals surface area contributed by atoms with Crippen molar-refractivity contribution in [2.45, 2.75) is 20.0 Å². The van der Waals surface area contributed by atoms with Crippen LogP contribution in [0.4, 0.5) is 0 Å². The Morgan fingerprint density at radius 2 is 1.80 bits per heavy atom. The summed E-state index contributed by atoms with van der Waals surface area (Å²) in [6.45, 7) is 6.59. The number of rotatable bonds is 11. The van der Waals surface area contributed by atoms with Gasteiger partial charge in [-0.2, -0.15) is 9.78 Å². The van der Waals surface area contributed by atoms with E-state index < -0.39 is 0 Å². The molecule has 45 heavy (non-hydrogen) atoms. The average Bonchev–Trinajstić information content (AvgIpc) is 3.50. The minimum absolute atomic E-state index is 0.257. The molecular weight excluding hydrogens is 590 g/mol. The van der Waals surface area contributed by atoms with Gasteiger partial charge in [-0.1, -0.05) is 48.0 Å². The number of para-hydroxylation sites is 1. The zero-order valence-corrected chi connectivity index (χ0v) is 25.6. The Morgan fingerprint density at radius 1 is 0.978 bits per heavy atom. The van der Waals surface area contributed by atoms with Gasteiger partial charge >= 0.3 is 0 Å². The second-order valence-corrected chi connectivity index (χ2v) is 10.6. The number of methoxy groups -OCH3 is 1. The molecule has 0 atom stereocenters. The first-order chi connectivity index (χ1) is 22.0. The van der Waals surface area contributed by atoms with Gasteiger partial charge in [0.15, 0.2) is 17.3 Å². The van der Waals surface area contributed by atoms with E-state index in [2.05, 4.69) is 11.7 Å². The third-order valence-electron chi connectivity index (χ3n) is 7.15. The number of hydrogen-bond donors (Lipinski definition) is 0. The minimum atomic E-state index is -0.335. The van der Waals surface area contributed by atoms with Crippen molar-refractivity contribution in [3.63, 3.8) is 0 Å². The number of nitrogens with zero attached hydrogens (tertiary/aromatic N) is 3. The summed E-state index contributed by atoms with van der Waals surface area (Å²) in [5.74, 6) is 2.46. The van der Waals surface area contributed by atoms with Crippen LogP contribution in [-0.4, -0.2) is 29.6 Å². The molecule has 0 aliphatic carbocycles. The predicted octanol–water partition coefficient (Wildman–Crippen LogP) is 8.06. The van der Waals surface area contributed by atoms with Gasteiger partial charge in [0.05, 0.1) is 36.2 Å². The Hall–Kier alpha value is -5.34. The third-order valence-corrected chi connectivity index (χ3v) is 7.40. The molecule has 0 aliphatic heterocycles. The van der Waals surface area contributed by atoms with Crippen molar-refractivity contribution in [3.05, 3.63) is 130 Å². The second kappa shape index (κ2) is 13.1. The third kappa shape index (κ3) is 6.18. The van der Waals surface area contributed by atoms with Crippen molar-refractivity contribution in [1.29, 1.82) is 0 Å². The fourth-order valence-corrected chi connectivity index (χ4v) is 5.19.